The molecule has 2 N–H and O–H groups in total. The number of halogens is 4. The van der Waals surface area contributed by atoms with E-state index >= 15 is 0 Å². The predicted octanol–water partition coefficient (Wildman–Crippen LogP) is 3.54. The van der Waals surface area contributed by atoms with Gasteiger partial charge >= 0.3 is 6.18 Å². The van der Waals surface area contributed by atoms with Gasteiger partial charge in [-0.3, -0.25) is 4.99 Å². The summed E-state index contributed by atoms with van der Waals surface area (Å²) >= 11 is 5.95. The standard InChI is InChI=1S/C15H21ClF3N3O/c1-3-20-14(21-8-7-15(17,18)19)22-10-13(23-2)11-5-4-6-12(16)9-11/h4-6,9,13H,3,7-8,10H2,1-2H3,(H2,20,21,22). The zero-order chi connectivity index (χ0) is 17.3. The SMILES string of the molecule is CCNC(=NCC(OC)c1cccc(Cl)c1)NCCC(F)(F)F. The molecule has 1 rings (SSSR count). The van der Waals surface area contributed by atoms with Crippen molar-refractivity contribution in [3.05, 3.63) is 34.9 Å². The summed E-state index contributed by atoms with van der Waals surface area (Å²) in [5.74, 6) is 0.320. The Hall–Kier alpha value is -1.47. The lowest BCUT2D eigenvalue weighted by Gasteiger charge is -2.16. The first-order valence-electron chi connectivity index (χ1n) is 7.23. The van der Waals surface area contributed by atoms with Crippen molar-refractivity contribution in [1.82, 2.24) is 10.6 Å². The number of nitrogens with one attached hydrogen (secondary N) is 2. The Kier molecular flexibility index (Phi) is 8.19. The molecule has 8 heteroatoms. The van der Waals surface area contributed by atoms with Crippen molar-refractivity contribution in [2.45, 2.75) is 25.6 Å². The van der Waals surface area contributed by atoms with Crippen molar-refractivity contribution in [2.24, 2.45) is 4.99 Å². The van der Waals surface area contributed by atoms with Gasteiger partial charge in [0.1, 0.15) is 6.10 Å². The molecule has 1 aromatic rings. The average Bonchev–Trinajstić information content (AvgIpc) is 2.46. The van der Waals surface area contributed by atoms with Gasteiger partial charge in [-0.05, 0) is 24.6 Å². The summed E-state index contributed by atoms with van der Waals surface area (Å²) in [7, 11) is 1.55. The van der Waals surface area contributed by atoms with Gasteiger partial charge in [0.15, 0.2) is 5.96 Å². The van der Waals surface area contributed by atoms with Gasteiger partial charge in [-0.2, -0.15) is 13.2 Å². The number of aliphatic imine (C=N–C) groups is 1. The fourth-order valence-electron chi connectivity index (χ4n) is 1.86. The summed E-state index contributed by atoms with van der Waals surface area (Å²) in [6.07, 6.45) is -5.44. The summed E-state index contributed by atoms with van der Waals surface area (Å²) in [5, 5.41) is 6.14. The molecule has 0 saturated heterocycles. The van der Waals surface area contributed by atoms with E-state index in [4.69, 9.17) is 16.3 Å². The van der Waals surface area contributed by atoms with Crippen LogP contribution in [-0.4, -0.2) is 38.9 Å². The average molecular weight is 352 g/mol. The van der Waals surface area contributed by atoms with E-state index in [1.54, 1.807) is 25.3 Å². The molecule has 130 valence electrons. The topological polar surface area (TPSA) is 45.7 Å². The van der Waals surface area contributed by atoms with Crippen LogP contribution in [0.3, 0.4) is 0 Å². The summed E-state index contributed by atoms with van der Waals surface area (Å²) in [4.78, 5) is 4.27. The highest BCUT2D eigenvalue weighted by atomic mass is 35.5. The molecule has 0 fully saturated rings. The van der Waals surface area contributed by atoms with Crippen LogP contribution >= 0.6 is 11.6 Å². The Morgan fingerprint density at radius 2 is 2.09 bits per heavy atom. The van der Waals surface area contributed by atoms with E-state index in [0.29, 0.717) is 17.5 Å². The Morgan fingerprint density at radius 1 is 1.35 bits per heavy atom. The quantitative estimate of drug-likeness (QED) is 0.583. The highest BCUT2D eigenvalue weighted by Gasteiger charge is 2.26. The number of methoxy groups -OCH3 is 1. The van der Waals surface area contributed by atoms with Crippen LogP contribution in [0, 0.1) is 0 Å². The van der Waals surface area contributed by atoms with E-state index in [1.165, 1.54) is 0 Å². The lowest BCUT2D eigenvalue weighted by molar-refractivity contribution is -0.132. The zero-order valence-electron chi connectivity index (χ0n) is 13.1. The molecule has 0 aromatic heterocycles. The molecule has 0 spiro atoms. The summed E-state index contributed by atoms with van der Waals surface area (Å²) in [6.45, 7) is 2.42. The third-order valence-corrected chi connectivity index (χ3v) is 3.20. The maximum atomic E-state index is 12.2. The minimum atomic E-state index is -4.19. The number of alkyl halides is 3. The third-order valence-electron chi connectivity index (χ3n) is 2.97. The number of hydrogen-bond donors (Lipinski definition) is 2. The summed E-state index contributed by atoms with van der Waals surface area (Å²) < 4.78 is 41.9. The molecular formula is C15H21ClF3N3O. The Balaban J connectivity index is 2.66. The maximum Gasteiger partial charge on any atom is 0.390 e. The highest BCUT2D eigenvalue weighted by Crippen LogP contribution is 2.21. The molecular weight excluding hydrogens is 331 g/mol. The van der Waals surface area contributed by atoms with E-state index in [2.05, 4.69) is 15.6 Å². The normalized spacial score (nSPS) is 13.7. The van der Waals surface area contributed by atoms with E-state index in [-0.39, 0.29) is 19.2 Å². The number of guanidine groups is 1. The van der Waals surface area contributed by atoms with Crippen LogP contribution in [0.2, 0.25) is 5.02 Å². The summed E-state index contributed by atoms with van der Waals surface area (Å²) in [6, 6.07) is 7.19. The Bertz CT molecular complexity index is 509. The lowest BCUT2D eigenvalue weighted by Crippen LogP contribution is -2.39. The molecule has 0 aliphatic carbocycles. The first-order valence-corrected chi connectivity index (χ1v) is 7.60. The maximum absolute atomic E-state index is 12.2. The van der Waals surface area contributed by atoms with Crippen molar-refractivity contribution in [3.63, 3.8) is 0 Å². The van der Waals surface area contributed by atoms with Crippen molar-refractivity contribution in [3.8, 4) is 0 Å². The van der Waals surface area contributed by atoms with Gasteiger partial charge in [-0.1, -0.05) is 23.7 Å². The molecule has 4 nitrogen and oxygen atoms in total. The lowest BCUT2D eigenvalue weighted by atomic mass is 10.1. The van der Waals surface area contributed by atoms with Gasteiger partial charge < -0.3 is 15.4 Å². The van der Waals surface area contributed by atoms with Crippen molar-refractivity contribution < 1.29 is 17.9 Å². The van der Waals surface area contributed by atoms with Crippen LogP contribution in [0.5, 0.6) is 0 Å². The Labute approximate surface area is 139 Å². The number of hydrogen-bond acceptors (Lipinski definition) is 2. The fourth-order valence-corrected chi connectivity index (χ4v) is 2.06. The molecule has 0 saturated carbocycles. The minimum absolute atomic E-state index is 0.232. The number of ether oxygens (including phenoxy) is 1. The van der Waals surface area contributed by atoms with Crippen LogP contribution in [0.15, 0.2) is 29.3 Å². The van der Waals surface area contributed by atoms with Gasteiger partial charge in [0, 0.05) is 25.2 Å². The van der Waals surface area contributed by atoms with E-state index in [9.17, 15) is 13.2 Å². The fraction of sp³-hybridized carbons (Fsp3) is 0.533. The van der Waals surface area contributed by atoms with Crippen LogP contribution in [0.25, 0.3) is 0 Å². The largest absolute Gasteiger partial charge is 0.390 e. The number of rotatable bonds is 7. The second kappa shape index (κ2) is 9.62. The first-order chi connectivity index (χ1) is 10.9. The molecule has 1 atom stereocenters. The molecule has 1 aromatic carbocycles. The van der Waals surface area contributed by atoms with E-state index < -0.39 is 12.6 Å². The molecule has 0 bridgehead atoms. The van der Waals surface area contributed by atoms with Gasteiger partial charge in [0.25, 0.3) is 0 Å². The van der Waals surface area contributed by atoms with E-state index in [0.717, 1.165) is 5.56 Å². The predicted molar refractivity (Wildman–Crippen MR) is 85.9 cm³/mol. The second-order valence-electron chi connectivity index (χ2n) is 4.79. The van der Waals surface area contributed by atoms with Gasteiger partial charge in [0.2, 0.25) is 0 Å². The molecule has 1 unspecified atom stereocenters. The molecule has 0 radical (unpaired) electrons. The molecule has 0 heterocycles. The van der Waals surface area contributed by atoms with E-state index in [1.807, 2.05) is 13.0 Å². The third kappa shape index (κ3) is 8.08. The molecule has 23 heavy (non-hydrogen) atoms. The van der Waals surface area contributed by atoms with Gasteiger partial charge in [-0.15, -0.1) is 0 Å². The van der Waals surface area contributed by atoms with Crippen molar-refractivity contribution in [2.75, 3.05) is 26.7 Å². The van der Waals surface area contributed by atoms with Gasteiger partial charge in [-0.25, -0.2) is 0 Å². The number of nitrogens with zero attached hydrogens (tertiary/aromatic N) is 1. The first kappa shape index (κ1) is 19.6. The monoisotopic (exact) mass is 351 g/mol. The molecule has 0 aliphatic rings. The minimum Gasteiger partial charge on any atom is -0.375 e. The molecule has 0 aliphatic heterocycles. The van der Waals surface area contributed by atoms with Crippen molar-refractivity contribution in [1.29, 1.82) is 0 Å². The summed E-state index contributed by atoms with van der Waals surface area (Å²) in [5.41, 5.74) is 0.856. The second-order valence-corrected chi connectivity index (χ2v) is 5.23. The Morgan fingerprint density at radius 3 is 2.65 bits per heavy atom. The van der Waals surface area contributed by atoms with Crippen LogP contribution in [0.4, 0.5) is 13.2 Å². The van der Waals surface area contributed by atoms with Crippen LogP contribution in [0.1, 0.15) is 25.0 Å². The smallest absolute Gasteiger partial charge is 0.375 e. The highest BCUT2D eigenvalue weighted by molar-refractivity contribution is 6.30. The zero-order valence-corrected chi connectivity index (χ0v) is 13.8. The van der Waals surface area contributed by atoms with Gasteiger partial charge in [0.05, 0.1) is 13.0 Å². The van der Waals surface area contributed by atoms with Crippen LogP contribution in [-0.2, 0) is 4.74 Å². The van der Waals surface area contributed by atoms with Crippen LogP contribution < -0.4 is 10.6 Å². The molecule has 0 amide bonds. The number of benzene rings is 1. The van der Waals surface area contributed by atoms with Crippen molar-refractivity contribution >= 4 is 17.6 Å².